The SMILES string of the molecule is Cc1ccc2c(c1)OC(C)(C)C[C@H]2NC(=S)Nc1ccc(F)c(F)c1. The second-order valence-electron chi connectivity index (χ2n) is 6.89. The summed E-state index contributed by atoms with van der Waals surface area (Å²) in [7, 11) is 0. The van der Waals surface area contributed by atoms with E-state index in [9.17, 15) is 8.78 Å². The van der Waals surface area contributed by atoms with E-state index in [-0.39, 0.29) is 11.6 Å². The van der Waals surface area contributed by atoms with Gasteiger partial charge in [-0.25, -0.2) is 8.78 Å². The Labute approximate surface area is 151 Å². The number of hydrogen-bond donors (Lipinski definition) is 2. The largest absolute Gasteiger partial charge is 0.487 e. The van der Waals surface area contributed by atoms with E-state index < -0.39 is 11.6 Å². The topological polar surface area (TPSA) is 33.3 Å². The number of anilines is 1. The maximum Gasteiger partial charge on any atom is 0.171 e. The molecule has 0 aliphatic carbocycles. The Kier molecular flexibility index (Phi) is 4.64. The summed E-state index contributed by atoms with van der Waals surface area (Å²) in [6.45, 7) is 6.07. The van der Waals surface area contributed by atoms with Crippen molar-refractivity contribution in [2.24, 2.45) is 0 Å². The lowest BCUT2D eigenvalue weighted by atomic mass is 9.89. The first-order valence-corrected chi connectivity index (χ1v) is 8.46. The summed E-state index contributed by atoms with van der Waals surface area (Å²) in [6.07, 6.45) is 0.725. The second kappa shape index (κ2) is 6.59. The third-order valence-corrected chi connectivity index (χ3v) is 4.33. The summed E-state index contributed by atoms with van der Waals surface area (Å²) in [5.41, 5.74) is 2.21. The number of benzene rings is 2. The van der Waals surface area contributed by atoms with Gasteiger partial charge in [0.2, 0.25) is 0 Å². The van der Waals surface area contributed by atoms with Gasteiger partial charge in [-0.1, -0.05) is 12.1 Å². The monoisotopic (exact) mass is 362 g/mol. The molecule has 2 N–H and O–H groups in total. The highest BCUT2D eigenvalue weighted by molar-refractivity contribution is 7.80. The number of rotatable bonds is 2. The highest BCUT2D eigenvalue weighted by Gasteiger charge is 2.34. The average Bonchev–Trinajstić information content (AvgIpc) is 2.49. The number of fused-ring (bicyclic) bond motifs is 1. The maximum atomic E-state index is 13.3. The normalized spacial score (nSPS) is 18.0. The fourth-order valence-electron chi connectivity index (χ4n) is 2.99. The molecule has 2 aromatic rings. The Morgan fingerprint density at radius 1 is 1.16 bits per heavy atom. The smallest absolute Gasteiger partial charge is 0.171 e. The van der Waals surface area contributed by atoms with Gasteiger partial charge in [0, 0.05) is 23.7 Å². The van der Waals surface area contributed by atoms with Crippen molar-refractivity contribution in [2.75, 3.05) is 5.32 Å². The molecule has 0 saturated heterocycles. The molecule has 0 radical (unpaired) electrons. The van der Waals surface area contributed by atoms with Crippen molar-refractivity contribution in [1.29, 1.82) is 0 Å². The summed E-state index contributed by atoms with van der Waals surface area (Å²) >= 11 is 5.34. The predicted molar refractivity (Wildman–Crippen MR) is 99.0 cm³/mol. The standard InChI is InChI=1S/C19H20F2N2OS/c1-11-4-6-13-16(10-19(2,3)24-17(13)8-11)23-18(25)22-12-5-7-14(20)15(21)9-12/h4-9,16H,10H2,1-3H3,(H2,22,23,25)/t16-/m1/s1. The lowest BCUT2D eigenvalue weighted by Gasteiger charge is -2.38. The number of hydrogen-bond acceptors (Lipinski definition) is 2. The molecule has 25 heavy (non-hydrogen) atoms. The minimum atomic E-state index is -0.916. The third-order valence-electron chi connectivity index (χ3n) is 4.11. The van der Waals surface area contributed by atoms with Crippen LogP contribution in [0.15, 0.2) is 36.4 Å². The molecule has 2 aromatic carbocycles. The van der Waals surface area contributed by atoms with Crippen molar-refractivity contribution in [3.63, 3.8) is 0 Å². The minimum absolute atomic E-state index is 0.0374. The second-order valence-corrected chi connectivity index (χ2v) is 7.30. The first-order valence-electron chi connectivity index (χ1n) is 8.06. The zero-order valence-electron chi connectivity index (χ0n) is 14.3. The summed E-state index contributed by atoms with van der Waals surface area (Å²) in [5.74, 6) is -0.967. The summed E-state index contributed by atoms with van der Waals surface area (Å²) in [4.78, 5) is 0. The maximum absolute atomic E-state index is 13.3. The molecule has 0 spiro atoms. The summed E-state index contributed by atoms with van der Waals surface area (Å²) in [6, 6.07) is 9.61. The van der Waals surface area contributed by atoms with Crippen molar-refractivity contribution in [2.45, 2.75) is 38.8 Å². The quantitative estimate of drug-likeness (QED) is 0.748. The van der Waals surface area contributed by atoms with Gasteiger partial charge in [0.05, 0.1) is 6.04 Å². The molecule has 1 atom stereocenters. The summed E-state index contributed by atoms with van der Waals surface area (Å²) in [5, 5.41) is 6.50. The lowest BCUT2D eigenvalue weighted by molar-refractivity contribution is 0.0696. The summed E-state index contributed by atoms with van der Waals surface area (Å²) < 4.78 is 32.4. The molecule has 0 fully saturated rings. The van der Waals surface area contributed by atoms with Crippen molar-refractivity contribution in [3.05, 3.63) is 59.2 Å². The van der Waals surface area contributed by atoms with E-state index in [1.54, 1.807) is 0 Å². The molecule has 0 aromatic heterocycles. The number of nitrogens with one attached hydrogen (secondary N) is 2. The number of halogens is 2. The van der Waals surface area contributed by atoms with Crippen molar-refractivity contribution in [1.82, 2.24) is 5.32 Å². The zero-order chi connectivity index (χ0) is 18.2. The Hall–Kier alpha value is -2.21. The fourth-order valence-corrected chi connectivity index (χ4v) is 3.25. The molecule has 1 aliphatic rings. The van der Waals surface area contributed by atoms with Crippen LogP contribution in [0, 0.1) is 18.6 Å². The van der Waals surface area contributed by atoms with Gasteiger partial charge in [-0.15, -0.1) is 0 Å². The van der Waals surface area contributed by atoms with Crippen LogP contribution >= 0.6 is 12.2 Å². The van der Waals surface area contributed by atoms with Crippen molar-refractivity contribution >= 4 is 23.0 Å². The predicted octanol–water partition coefficient (Wildman–Crippen LogP) is 4.86. The van der Waals surface area contributed by atoms with Crippen molar-refractivity contribution in [3.8, 4) is 5.75 Å². The van der Waals surface area contributed by atoms with Crippen LogP contribution < -0.4 is 15.4 Å². The van der Waals surface area contributed by atoms with Crippen LogP contribution in [-0.4, -0.2) is 10.7 Å². The van der Waals surface area contributed by atoms with Crippen LogP contribution in [0.1, 0.15) is 37.4 Å². The molecular formula is C19H20F2N2OS. The molecule has 3 nitrogen and oxygen atoms in total. The Balaban J connectivity index is 1.77. The van der Waals surface area contributed by atoms with Crippen LogP contribution in [-0.2, 0) is 0 Å². The lowest BCUT2D eigenvalue weighted by Crippen LogP contribution is -2.42. The number of thiocarbonyl (C=S) groups is 1. The Morgan fingerprint density at radius 3 is 2.64 bits per heavy atom. The minimum Gasteiger partial charge on any atom is -0.487 e. The van der Waals surface area contributed by atoms with Gasteiger partial charge < -0.3 is 15.4 Å². The van der Waals surface area contributed by atoms with Crippen LogP contribution in [0.4, 0.5) is 14.5 Å². The third kappa shape index (κ3) is 4.07. The van der Waals surface area contributed by atoms with Crippen LogP contribution in [0.2, 0.25) is 0 Å². The zero-order valence-corrected chi connectivity index (χ0v) is 15.1. The molecule has 0 unspecified atom stereocenters. The van der Waals surface area contributed by atoms with E-state index in [0.29, 0.717) is 10.8 Å². The fraction of sp³-hybridized carbons (Fsp3) is 0.316. The highest BCUT2D eigenvalue weighted by atomic mass is 32.1. The van der Waals surface area contributed by atoms with E-state index in [1.165, 1.54) is 6.07 Å². The van der Waals surface area contributed by atoms with Gasteiger partial charge in [0.15, 0.2) is 16.7 Å². The van der Waals surface area contributed by atoms with E-state index in [4.69, 9.17) is 17.0 Å². The molecule has 1 aliphatic heterocycles. The molecule has 132 valence electrons. The first kappa shape index (κ1) is 17.6. The van der Waals surface area contributed by atoms with Gasteiger partial charge in [-0.3, -0.25) is 0 Å². The molecule has 0 amide bonds. The van der Waals surface area contributed by atoms with Gasteiger partial charge >= 0.3 is 0 Å². The number of ether oxygens (including phenoxy) is 1. The van der Waals surface area contributed by atoms with Crippen LogP contribution in [0.5, 0.6) is 5.75 Å². The first-order chi connectivity index (χ1) is 11.7. The Bertz CT molecular complexity index is 823. The molecule has 0 saturated carbocycles. The van der Waals surface area contributed by atoms with Gasteiger partial charge in [0.25, 0.3) is 0 Å². The van der Waals surface area contributed by atoms with Crippen molar-refractivity contribution < 1.29 is 13.5 Å². The van der Waals surface area contributed by atoms with Gasteiger partial charge in [0.1, 0.15) is 11.4 Å². The van der Waals surface area contributed by atoms with E-state index in [0.717, 1.165) is 35.4 Å². The molecule has 3 rings (SSSR count). The Morgan fingerprint density at radius 2 is 1.92 bits per heavy atom. The van der Waals surface area contributed by atoms with Crippen LogP contribution in [0.25, 0.3) is 0 Å². The highest BCUT2D eigenvalue weighted by Crippen LogP contribution is 2.39. The number of aryl methyl sites for hydroxylation is 1. The molecule has 1 heterocycles. The molecule has 6 heteroatoms. The van der Waals surface area contributed by atoms with E-state index >= 15 is 0 Å². The van der Waals surface area contributed by atoms with Crippen LogP contribution in [0.3, 0.4) is 0 Å². The average molecular weight is 362 g/mol. The molecular weight excluding hydrogens is 342 g/mol. The van der Waals surface area contributed by atoms with Gasteiger partial charge in [-0.2, -0.15) is 0 Å². The van der Waals surface area contributed by atoms with Gasteiger partial charge in [-0.05, 0) is 56.8 Å². The van der Waals surface area contributed by atoms with E-state index in [2.05, 4.69) is 10.6 Å². The molecule has 0 bridgehead atoms. The van der Waals surface area contributed by atoms with E-state index in [1.807, 2.05) is 39.0 Å².